The van der Waals surface area contributed by atoms with Gasteiger partial charge in [-0.25, -0.2) is 14.8 Å². The summed E-state index contributed by atoms with van der Waals surface area (Å²) in [4.78, 5) is 27.6. The van der Waals surface area contributed by atoms with Crippen LogP contribution in [0.15, 0.2) is 12.4 Å². The molecular weight excluding hydrogens is 256 g/mol. The number of primary amides is 1. The van der Waals surface area contributed by atoms with E-state index in [9.17, 15) is 4.79 Å². The van der Waals surface area contributed by atoms with Crippen LogP contribution in [0.3, 0.4) is 0 Å². The molecule has 0 aliphatic heterocycles. The summed E-state index contributed by atoms with van der Waals surface area (Å²) in [5, 5.41) is 0. The van der Waals surface area contributed by atoms with Crippen molar-refractivity contribution >= 4 is 6.03 Å². The van der Waals surface area contributed by atoms with Gasteiger partial charge in [0.1, 0.15) is 11.6 Å². The van der Waals surface area contributed by atoms with Crippen molar-refractivity contribution in [2.24, 2.45) is 5.73 Å². The third kappa shape index (κ3) is 3.84. The average Bonchev–Trinajstić information content (AvgIpc) is 2.98. The van der Waals surface area contributed by atoms with Crippen molar-refractivity contribution in [1.29, 1.82) is 0 Å². The molecule has 7 nitrogen and oxygen atoms in total. The maximum atomic E-state index is 11.4. The zero-order valence-electron chi connectivity index (χ0n) is 11.8. The van der Waals surface area contributed by atoms with E-state index in [4.69, 9.17) is 5.73 Å². The van der Waals surface area contributed by atoms with Crippen LogP contribution in [0, 0.1) is 13.8 Å². The first-order valence-corrected chi connectivity index (χ1v) is 6.60. The van der Waals surface area contributed by atoms with Gasteiger partial charge < -0.3 is 20.6 Å². The second kappa shape index (κ2) is 6.23. The Balaban J connectivity index is 1.85. The van der Waals surface area contributed by atoms with Crippen LogP contribution in [-0.2, 0) is 12.8 Å². The number of nitrogens with one attached hydrogen (secondary N) is 2. The topological polar surface area (TPSA) is 104 Å². The molecule has 0 aliphatic rings. The molecule has 0 aromatic carbocycles. The maximum absolute atomic E-state index is 11.4. The van der Waals surface area contributed by atoms with Crippen LogP contribution in [0.5, 0.6) is 0 Å². The molecule has 4 N–H and O–H groups in total. The molecule has 0 saturated carbocycles. The highest BCUT2D eigenvalue weighted by molar-refractivity contribution is 5.71. The summed E-state index contributed by atoms with van der Waals surface area (Å²) in [5.74, 6) is 1.75. The fraction of sp³-hybridized carbons (Fsp3) is 0.462. The van der Waals surface area contributed by atoms with E-state index in [0.29, 0.717) is 25.9 Å². The lowest BCUT2D eigenvalue weighted by molar-refractivity contribution is 0.208. The van der Waals surface area contributed by atoms with E-state index in [1.165, 1.54) is 0 Å². The fourth-order valence-corrected chi connectivity index (χ4v) is 2.04. The van der Waals surface area contributed by atoms with Crippen LogP contribution in [0.2, 0.25) is 0 Å². The SMILES string of the molecule is Cc1ncc(CCN(CCc2cnc(C)[nH]2)C(N)=O)[nH]1. The normalized spacial score (nSPS) is 10.7. The number of aromatic amines is 2. The molecule has 0 radical (unpaired) electrons. The van der Waals surface area contributed by atoms with Crippen molar-refractivity contribution < 1.29 is 4.79 Å². The Morgan fingerprint density at radius 1 is 1.10 bits per heavy atom. The molecule has 2 aromatic rings. The average molecular weight is 276 g/mol. The summed E-state index contributed by atoms with van der Waals surface area (Å²) in [7, 11) is 0. The van der Waals surface area contributed by atoms with Gasteiger partial charge >= 0.3 is 6.03 Å². The van der Waals surface area contributed by atoms with Crippen LogP contribution < -0.4 is 5.73 Å². The van der Waals surface area contributed by atoms with E-state index in [1.807, 2.05) is 13.8 Å². The first kappa shape index (κ1) is 14.1. The molecule has 0 fully saturated rings. The van der Waals surface area contributed by atoms with E-state index in [-0.39, 0.29) is 0 Å². The van der Waals surface area contributed by atoms with Gasteiger partial charge in [0.25, 0.3) is 0 Å². The summed E-state index contributed by atoms with van der Waals surface area (Å²) in [5.41, 5.74) is 7.42. The largest absolute Gasteiger partial charge is 0.351 e. The standard InChI is InChI=1S/C13H20N6O/c1-9-15-7-11(17-9)3-5-19(13(14)20)6-4-12-8-16-10(2)18-12/h7-8H,3-6H2,1-2H3,(H2,14,20)(H,15,17)(H,16,18). The number of imidazole rings is 2. The number of rotatable bonds is 6. The minimum Gasteiger partial charge on any atom is -0.351 e. The van der Waals surface area contributed by atoms with Crippen LogP contribution in [0.4, 0.5) is 4.79 Å². The number of carbonyl (C=O) groups is 1. The summed E-state index contributed by atoms with van der Waals surface area (Å²) in [6.07, 6.45) is 5.00. The molecule has 0 unspecified atom stereocenters. The van der Waals surface area contributed by atoms with Crippen molar-refractivity contribution in [2.75, 3.05) is 13.1 Å². The van der Waals surface area contributed by atoms with Gasteiger partial charge in [-0.2, -0.15) is 0 Å². The number of nitrogens with two attached hydrogens (primary N) is 1. The highest BCUT2D eigenvalue weighted by Gasteiger charge is 2.11. The lowest BCUT2D eigenvalue weighted by Gasteiger charge is -2.19. The first-order chi connectivity index (χ1) is 9.54. The Labute approximate surface area is 117 Å². The Morgan fingerprint density at radius 3 is 1.85 bits per heavy atom. The lowest BCUT2D eigenvalue weighted by atomic mass is 10.2. The molecule has 0 aliphatic carbocycles. The molecule has 2 aromatic heterocycles. The molecule has 7 heteroatoms. The van der Waals surface area contributed by atoms with Gasteiger partial charge in [0.2, 0.25) is 0 Å². The lowest BCUT2D eigenvalue weighted by Crippen LogP contribution is -2.38. The van der Waals surface area contributed by atoms with Gasteiger partial charge in [-0.3, -0.25) is 0 Å². The van der Waals surface area contributed by atoms with Crippen molar-refractivity contribution in [3.8, 4) is 0 Å². The predicted molar refractivity (Wildman–Crippen MR) is 75.2 cm³/mol. The smallest absolute Gasteiger partial charge is 0.314 e. The van der Waals surface area contributed by atoms with Crippen molar-refractivity contribution in [1.82, 2.24) is 24.8 Å². The molecule has 0 bridgehead atoms. The van der Waals surface area contributed by atoms with Gasteiger partial charge in [-0.05, 0) is 13.8 Å². The number of nitrogens with zero attached hydrogens (tertiary/aromatic N) is 3. The Hall–Kier alpha value is -2.31. The predicted octanol–water partition coefficient (Wildman–Crippen LogP) is 0.916. The Morgan fingerprint density at radius 2 is 1.55 bits per heavy atom. The molecule has 2 amide bonds. The number of aryl methyl sites for hydroxylation is 2. The van der Waals surface area contributed by atoms with Crippen molar-refractivity contribution in [3.63, 3.8) is 0 Å². The van der Waals surface area contributed by atoms with Crippen LogP contribution in [-0.4, -0.2) is 44.0 Å². The third-order valence-corrected chi connectivity index (χ3v) is 3.12. The van der Waals surface area contributed by atoms with Crippen LogP contribution in [0.1, 0.15) is 23.0 Å². The van der Waals surface area contributed by atoms with Gasteiger partial charge in [0.15, 0.2) is 0 Å². The van der Waals surface area contributed by atoms with E-state index in [0.717, 1.165) is 23.0 Å². The quantitative estimate of drug-likeness (QED) is 0.730. The second-order valence-electron chi connectivity index (χ2n) is 4.81. The minimum absolute atomic E-state index is 0.405. The Kier molecular flexibility index (Phi) is 4.39. The highest BCUT2D eigenvalue weighted by Crippen LogP contribution is 2.02. The summed E-state index contributed by atoms with van der Waals surface area (Å²) in [6, 6.07) is -0.405. The van der Waals surface area contributed by atoms with E-state index in [2.05, 4.69) is 19.9 Å². The molecule has 0 spiro atoms. The number of hydrogen-bond donors (Lipinski definition) is 3. The molecule has 2 rings (SSSR count). The number of H-pyrrole nitrogens is 2. The van der Waals surface area contributed by atoms with Crippen molar-refractivity contribution in [2.45, 2.75) is 26.7 Å². The van der Waals surface area contributed by atoms with Crippen LogP contribution >= 0.6 is 0 Å². The number of urea groups is 1. The number of carbonyl (C=O) groups excluding carboxylic acids is 1. The first-order valence-electron chi connectivity index (χ1n) is 6.60. The summed E-state index contributed by atoms with van der Waals surface area (Å²) in [6.45, 7) is 4.94. The molecular formula is C13H20N6O. The zero-order chi connectivity index (χ0) is 14.5. The van der Waals surface area contributed by atoms with Crippen LogP contribution in [0.25, 0.3) is 0 Å². The number of hydrogen-bond acceptors (Lipinski definition) is 3. The molecule has 0 saturated heterocycles. The Bertz CT molecular complexity index is 529. The van der Waals surface area contributed by atoms with E-state index >= 15 is 0 Å². The van der Waals surface area contributed by atoms with E-state index < -0.39 is 6.03 Å². The van der Waals surface area contributed by atoms with Crippen molar-refractivity contribution in [3.05, 3.63) is 35.4 Å². The summed E-state index contributed by atoms with van der Waals surface area (Å²) >= 11 is 0. The van der Waals surface area contributed by atoms with Gasteiger partial charge in [0, 0.05) is 49.7 Å². The number of aromatic nitrogens is 4. The number of amides is 2. The maximum Gasteiger partial charge on any atom is 0.314 e. The molecule has 20 heavy (non-hydrogen) atoms. The van der Waals surface area contributed by atoms with Gasteiger partial charge in [-0.1, -0.05) is 0 Å². The molecule has 108 valence electrons. The molecule has 0 atom stereocenters. The second-order valence-corrected chi connectivity index (χ2v) is 4.81. The molecule has 2 heterocycles. The van der Waals surface area contributed by atoms with Gasteiger partial charge in [0.05, 0.1) is 0 Å². The highest BCUT2D eigenvalue weighted by atomic mass is 16.2. The minimum atomic E-state index is -0.405. The van der Waals surface area contributed by atoms with E-state index in [1.54, 1.807) is 17.3 Å². The van der Waals surface area contributed by atoms with Gasteiger partial charge in [-0.15, -0.1) is 0 Å². The fourth-order valence-electron chi connectivity index (χ4n) is 2.04. The third-order valence-electron chi connectivity index (χ3n) is 3.12. The zero-order valence-corrected chi connectivity index (χ0v) is 11.8. The monoisotopic (exact) mass is 276 g/mol. The summed E-state index contributed by atoms with van der Waals surface area (Å²) < 4.78 is 0.